The Kier molecular flexibility index (Phi) is 6.12. The van der Waals surface area contributed by atoms with Crippen molar-refractivity contribution in [1.29, 1.82) is 0 Å². The normalized spacial score (nSPS) is 14.8. The first-order valence-electron chi connectivity index (χ1n) is 11.2. The number of hydrogen-bond donors (Lipinski definition) is 1. The smallest absolute Gasteiger partial charge is 0.261 e. The topological polar surface area (TPSA) is 118 Å². The summed E-state index contributed by atoms with van der Waals surface area (Å²) < 4.78 is 12.6. The zero-order chi connectivity index (χ0) is 22.6. The lowest BCUT2D eigenvalue weighted by atomic mass is 9.77. The second-order valence-electron chi connectivity index (χ2n) is 8.48. The van der Waals surface area contributed by atoms with Crippen LogP contribution in [0.4, 0.5) is 5.95 Å². The number of benzene rings is 1. The quantitative estimate of drug-likeness (QED) is 0.412. The van der Waals surface area contributed by atoms with E-state index in [-0.39, 0.29) is 11.9 Å². The highest BCUT2D eigenvalue weighted by atomic mass is 16.5. The minimum absolute atomic E-state index is 0.0769. The van der Waals surface area contributed by atoms with Crippen molar-refractivity contribution in [3.05, 3.63) is 60.4 Å². The van der Waals surface area contributed by atoms with E-state index in [0.29, 0.717) is 30.8 Å². The highest BCUT2D eigenvalue weighted by molar-refractivity contribution is 5.62. The second kappa shape index (κ2) is 9.50. The van der Waals surface area contributed by atoms with Gasteiger partial charge in [0.15, 0.2) is 5.82 Å². The molecule has 0 amide bonds. The Morgan fingerprint density at radius 1 is 1.09 bits per heavy atom. The van der Waals surface area contributed by atoms with Crippen molar-refractivity contribution < 1.29 is 9.26 Å². The zero-order valence-corrected chi connectivity index (χ0v) is 18.6. The summed E-state index contributed by atoms with van der Waals surface area (Å²) in [4.78, 5) is 12.9. The SMILES string of the molecule is COCCn1cc(-c2nc(C(CC3CCC3)c3ccc(-c4cnc(N)nc4)cc3)no2)cn1. The van der Waals surface area contributed by atoms with E-state index in [9.17, 15) is 0 Å². The molecule has 1 unspecified atom stereocenters. The molecular weight excluding hydrogens is 418 g/mol. The summed E-state index contributed by atoms with van der Waals surface area (Å²) in [6, 6.07) is 8.43. The van der Waals surface area contributed by atoms with Gasteiger partial charge >= 0.3 is 0 Å². The van der Waals surface area contributed by atoms with E-state index in [1.165, 1.54) is 24.8 Å². The van der Waals surface area contributed by atoms with Gasteiger partial charge in [-0.2, -0.15) is 10.1 Å². The standard InChI is InChI=1S/C24H27N7O2/c1-32-10-9-31-15-20(14-28-31)23-29-22(30-33-23)21(11-16-3-2-4-16)18-7-5-17(6-8-18)19-12-26-24(25)27-13-19/h5-8,12-16,21H,2-4,9-11H2,1H3,(H2,25,26,27). The fraction of sp³-hybridized carbons (Fsp3) is 0.375. The molecule has 9 nitrogen and oxygen atoms in total. The Bertz CT molecular complexity index is 1180. The molecule has 2 N–H and O–H groups in total. The van der Waals surface area contributed by atoms with Gasteiger partial charge in [0.2, 0.25) is 5.95 Å². The van der Waals surface area contributed by atoms with Crippen LogP contribution in [-0.4, -0.2) is 43.6 Å². The van der Waals surface area contributed by atoms with Gasteiger partial charge in [-0.1, -0.05) is 48.7 Å². The number of methoxy groups -OCH3 is 1. The number of nitrogens with zero attached hydrogens (tertiary/aromatic N) is 6. The third kappa shape index (κ3) is 4.78. The predicted octanol–water partition coefficient (Wildman–Crippen LogP) is 3.94. The van der Waals surface area contributed by atoms with E-state index in [2.05, 4.69) is 44.5 Å². The van der Waals surface area contributed by atoms with Crippen LogP contribution in [0.5, 0.6) is 0 Å². The van der Waals surface area contributed by atoms with Crippen LogP contribution >= 0.6 is 0 Å². The molecule has 9 heteroatoms. The van der Waals surface area contributed by atoms with Gasteiger partial charge in [0.1, 0.15) is 0 Å². The third-order valence-corrected chi connectivity index (χ3v) is 6.27. The molecule has 0 radical (unpaired) electrons. The van der Waals surface area contributed by atoms with Crippen LogP contribution in [-0.2, 0) is 11.3 Å². The van der Waals surface area contributed by atoms with Crippen molar-refractivity contribution in [3.63, 3.8) is 0 Å². The number of aromatic nitrogens is 6. The molecule has 1 aliphatic rings. The number of anilines is 1. The highest BCUT2D eigenvalue weighted by Crippen LogP contribution is 2.39. The molecule has 0 saturated heterocycles. The lowest BCUT2D eigenvalue weighted by Crippen LogP contribution is -2.16. The molecule has 1 atom stereocenters. The molecule has 3 heterocycles. The predicted molar refractivity (Wildman–Crippen MR) is 123 cm³/mol. The minimum atomic E-state index is 0.0769. The summed E-state index contributed by atoms with van der Waals surface area (Å²) in [5, 5.41) is 8.71. The van der Waals surface area contributed by atoms with Gasteiger partial charge in [-0.05, 0) is 23.5 Å². The first-order valence-corrected chi connectivity index (χ1v) is 11.2. The molecule has 0 bridgehead atoms. The average molecular weight is 446 g/mol. The van der Waals surface area contributed by atoms with Crippen LogP contribution in [0.25, 0.3) is 22.6 Å². The molecule has 5 rings (SSSR count). The molecule has 170 valence electrons. The van der Waals surface area contributed by atoms with Crippen LogP contribution in [0, 0.1) is 5.92 Å². The summed E-state index contributed by atoms with van der Waals surface area (Å²) in [5.41, 5.74) is 9.56. The van der Waals surface area contributed by atoms with Gasteiger partial charge in [-0.3, -0.25) is 4.68 Å². The zero-order valence-electron chi connectivity index (χ0n) is 18.6. The van der Waals surface area contributed by atoms with Crippen molar-refractivity contribution in [2.24, 2.45) is 5.92 Å². The van der Waals surface area contributed by atoms with E-state index < -0.39 is 0 Å². The lowest BCUT2D eigenvalue weighted by Gasteiger charge is -2.28. The Morgan fingerprint density at radius 3 is 2.58 bits per heavy atom. The van der Waals surface area contributed by atoms with Crippen molar-refractivity contribution in [2.45, 2.75) is 38.1 Å². The Hall–Kier alpha value is -3.59. The molecule has 33 heavy (non-hydrogen) atoms. The van der Waals surface area contributed by atoms with Crippen LogP contribution < -0.4 is 5.73 Å². The van der Waals surface area contributed by atoms with Gasteiger partial charge in [-0.15, -0.1) is 0 Å². The molecule has 1 aliphatic carbocycles. The lowest BCUT2D eigenvalue weighted by molar-refractivity contribution is 0.183. The van der Waals surface area contributed by atoms with Crippen LogP contribution in [0.1, 0.15) is 43.0 Å². The van der Waals surface area contributed by atoms with Gasteiger partial charge in [0.25, 0.3) is 5.89 Å². The summed E-state index contributed by atoms with van der Waals surface area (Å²) in [7, 11) is 1.67. The van der Waals surface area contributed by atoms with Crippen LogP contribution in [0.15, 0.2) is 53.6 Å². The van der Waals surface area contributed by atoms with Crippen molar-refractivity contribution in [3.8, 4) is 22.6 Å². The number of rotatable bonds is 9. The molecule has 1 aromatic carbocycles. The molecule has 1 saturated carbocycles. The van der Waals surface area contributed by atoms with Gasteiger partial charge < -0.3 is 15.0 Å². The second-order valence-corrected chi connectivity index (χ2v) is 8.48. The van der Waals surface area contributed by atoms with Crippen molar-refractivity contribution in [2.75, 3.05) is 19.5 Å². The molecule has 4 aromatic rings. The van der Waals surface area contributed by atoms with Gasteiger partial charge in [0, 0.05) is 37.2 Å². The molecule has 1 fully saturated rings. The summed E-state index contributed by atoms with van der Waals surface area (Å²) in [6.07, 6.45) is 12.0. The van der Waals surface area contributed by atoms with E-state index in [1.807, 2.05) is 10.9 Å². The number of nitrogen functional groups attached to an aromatic ring is 1. The maximum Gasteiger partial charge on any atom is 0.261 e. The molecular formula is C24H27N7O2. The molecule has 0 spiro atoms. The van der Waals surface area contributed by atoms with E-state index in [1.54, 1.807) is 25.7 Å². The van der Waals surface area contributed by atoms with Crippen molar-refractivity contribution in [1.82, 2.24) is 29.9 Å². The Labute approximate surface area is 192 Å². The maximum atomic E-state index is 5.63. The number of nitrogens with two attached hydrogens (primary N) is 1. The van der Waals surface area contributed by atoms with Crippen LogP contribution in [0.2, 0.25) is 0 Å². The first kappa shape index (κ1) is 21.3. The fourth-order valence-electron chi connectivity index (χ4n) is 4.12. The Balaban J connectivity index is 1.39. The number of ether oxygens (including phenoxy) is 1. The molecule has 3 aromatic heterocycles. The largest absolute Gasteiger partial charge is 0.383 e. The molecule has 0 aliphatic heterocycles. The summed E-state index contributed by atoms with van der Waals surface area (Å²) in [6.45, 7) is 1.27. The monoisotopic (exact) mass is 445 g/mol. The highest BCUT2D eigenvalue weighted by Gasteiger charge is 2.28. The van der Waals surface area contributed by atoms with E-state index in [0.717, 1.165) is 23.1 Å². The van der Waals surface area contributed by atoms with Gasteiger partial charge in [-0.25, -0.2) is 9.97 Å². The summed E-state index contributed by atoms with van der Waals surface area (Å²) >= 11 is 0. The summed E-state index contributed by atoms with van der Waals surface area (Å²) in [5.74, 6) is 2.24. The van der Waals surface area contributed by atoms with Crippen LogP contribution in [0.3, 0.4) is 0 Å². The van der Waals surface area contributed by atoms with E-state index in [4.69, 9.17) is 20.0 Å². The maximum absolute atomic E-state index is 5.63. The third-order valence-electron chi connectivity index (χ3n) is 6.27. The first-order chi connectivity index (χ1) is 16.2. The average Bonchev–Trinajstić information content (AvgIpc) is 3.48. The fourth-order valence-corrected chi connectivity index (χ4v) is 4.12. The van der Waals surface area contributed by atoms with Gasteiger partial charge in [0.05, 0.1) is 24.9 Å². The van der Waals surface area contributed by atoms with E-state index >= 15 is 0 Å². The number of hydrogen-bond acceptors (Lipinski definition) is 8. The minimum Gasteiger partial charge on any atom is -0.383 e. The Morgan fingerprint density at radius 2 is 1.88 bits per heavy atom. The van der Waals surface area contributed by atoms with Crippen molar-refractivity contribution >= 4 is 5.95 Å².